The summed E-state index contributed by atoms with van der Waals surface area (Å²) in [6, 6.07) is 13.1. The van der Waals surface area contributed by atoms with E-state index in [2.05, 4.69) is 10.6 Å². The minimum Gasteiger partial charge on any atom is -0.340 e. The van der Waals surface area contributed by atoms with Crippen LogP contribution in [-0.4, -0.2) is 30.3 Å². The van der Waals surface area contributed by atoms with Crippen molar-refractivity contribution < 1.29 is 14.4 Å². The molecule has 0 aliphatic carbocycles. The third kappa shape index (κ3) is 4.95. The molecule has 29 heavy (non-hydrogen) atoms. The molecule has 3 rings (SSSR count). The second kappa shape index (κ2) is 9.09. The Bertz CT molecular complexity index is 915. The van der Waals surface area contributed by atoms with Crippen LogP contribution in [0.2, 0.25) is 5.02 Å². The summed E-state index contributed by atoms with van der Waals surface area (Å²) in [6.45, 7) is 4.38. The molecule has 0 unspecified atom stereocenters. The molecule has 0 radical (unpaired) electrons. The van der Waals surface area contributed by atoms with Crippen molar-refractivity contribution in [2.45, 2.75) is 32.7 Å². The van der Waals surface area contributed by atoms with Crippen molar-refractivity contribution in [1.29, 1.82) is 0 Å². The van der Waals surface area contributed by atoms with Crippen LogP contribution in [0.4, 0.5) is 11.4 Å². The highest BCUT2D eigenvalue weighted by Crippen LogP contribution is 2.31. The van der Waals surface area contributed by atoms with Gasteiger partial charge in [-0.1, -0.05) is 43.6 Å². The molecule has 152 valence electrons. The third-order valence-corrected chi connectivity index (χ3v) is 5.15. The van der Waals surface area contributed by atoms with Gasteiger partial charge in [0.15, 0.2) is 0 Å². The van der Waals surface area contributed by atoms with Crippen molar-refractivity contribution in [3.05, 3.63) is 59.1 Å². The van der Waals surface area contributed by atoms with Crippen LogP contribution in [0.15, 0.2) is 48.5 Å². The third-order valence-electron chi connectivity index (χ3n) is 4.85. The van der Waals surface area contributed by atoms with Gasteiger partial charge in [-0.25, -0.2) is 0 Å². The number of amides is 3. The SMILES string of the molecule is CC(C)[C@@H](NC(=O)c1ccccc1)C(=O)Nc1ccc(N2CCCC2=O)c(Cl)c1. The van der Waals surface area contributed by atoms with Gasteiger partial charge in [-0.3, -0.25) is 14.4 Å². The number of benzene rings is 2. The molecule has 2 aromatic carbocycles. The van der Waals surface area contributed by atoms with E-state index in [1.54, 1.807) is 47.4 Å². The number of hydrogen-bond acceptors (Lipinski definition) is 3. The van der Waals surface area contributed by atoms with E-state index in [0.29, 0.717) is 34.9 Å². The first-order chi connectivity index (χ1) is 13.9. The first kappa shape index (κ1) is 20.9. The molecule has 1 fully saturated rings. The van der Waals surface area contributed by atoms with Gasteiger partial charge in [-0.05, 0) is 42.7 Å². The van der Waals surface area contributed by atoms with Crippen LogP contribution in [0.5, 0.6) is 0 Å². The molecule has 1 aliphatic heterocycles. The van der Waals surface area contributed by atoms with E-state index in [0.717, 1.165) is 6.42 Å². The lowest BCUT2D eigenvalue weighted by molar-refractivity contribution is -0.119. The Labute approximate surface area is 175 Å². The highest BCUT2D eigenvalue weighted by atomic mass is 35.5. The molecule has 1 aliphatic rings. The summed E-state index contributed by atoms with van der Waals surface area (Å²) in [5, 5.41) is 6.00. The first-order valence-electron chi connectivity index (χ1n) is 9.63. The monoisotopic (exact) mass is 413 g/mol. The van der Waals surface area contributed by atoms with Gasteiger partial charge in [-0.2, -0.15) is 0 Å². The Morgan fingerprint density at radius 1 is 1.10 bits per heavy atom. The van der Waals surface area contributed by atoms with E-state index in [1.807, 2.05) is 19.9 Å². The minimum atomic E-state index is -0.707. The Kier molecular flexibility index (Phi) is 6.54. The fourth-order valence-electron chi connectivity index (χ4n) is 3.28. The van der Waals surface area contributed by atoms with Crippen molar-refractivity contribution in [1.82, 2.24) is 5.32 Å². The van der Waals surface area contributed by atoms with Crippen LogP contribution in [0.3, 0.4) is 0 Å². The van der Waals surface area contributed by atoms with E-state index in [-0.39, 0.29) is 23.6 Å². The standard InChI is InChI=1S/C22H24ClN3O3/c1-14(2)20(25-21(28)15-7-4-3-5-8-15)22(29)24-16-10-11-18(17(23)13-16)26-12-6-9-19(26)27/h3-5,7-8,10-11,13-14,20H,6,9,12H2,1-2H3,(H,24,29)(H,25,28)/t20-/m1/s1. The lowest BCUT2D eigenvalue weighted by Gasteiger charge is -2.22. The van der Waals surface area contributed by atoms with Crippen LogP contribution in [0.1, 0.15) is 37.0 Å². The summed E-state index contributed by atoms with van der Waals surface area (Å²) < 4.78 is 0. The second-order valence-electron chi connectivity index (χ2n) is 7.37. The fraction of sp³-hybridized carbons (Fsp3) is 0.318. The van der Waals surface area contributed by atoms with Gasteiger partial charge in [0.2, 0.25) is 11.8 Å². The molecule has 3 amide bonds. The van der Waals surface area contributed by atoms with Gasteiger partial charge >= 0.3 is 0 Å². The molecule has 1 atom stereocenters. The molecule has 6 nitrogen and oxygen atoms in total. The lowest BCUT2D eigenvalue weighted by atomic mass is 10.0. The van der Waals surface area contributed by atoms with Crippen LogP contribution in [-0.2, 0) is 9.59 Å². The van der Waals surface area contributed by atoms with Gasteiger partial charge in [0.05, 0.1) is 10.7 Å². The maximum Gasteiger partial charge on any atom is 0.251 e. The Morgan fingerprint density at radius 3 is 2.41 bits per heavy atom. The molecule has 0 aromatic heterocycles. The largest absolute Gasteiger partial charge is 0.340 e. The number of nitrogens with zero attached hydrogens (tertiary/aromatic N) is 1. The van der Waals surface area contributed by atoms with E-state index in [1.165, 1.54) is 0 Å². The quantitative estimate of drug-likeness (QED) is 0.754. The van der Waals surface area contributed by atoms with Crippen molar-refractivity contribution >= 4 is 40.7 Å². The van der Waals surface area contributed by atoms with Gasteiger partial charge in [0, 0.05) is 24.2 Å². The normalized spacial score (nSPS) is 14.8. The van der Waals surface area contributed by atoms with Crippen molar-refractivity contribution in [2.24, 2.45) is 5.92 Å². The summed E-state index contributed by atoms with van der Waals surface area (Å²) in [4.78, 5) is 38.8. The molecule has 1 heterocycles. The molecule has 2 N–H and O–H groups in total. The fourth-order valence-corrected chi connectivity index (χ4v) is 3.56. The van der Waals surface area contributed by atoms with E-state index >= 15 is 0 Å². The summed E-state index contributed by atoms with van der Waals surface area (Å²) in [5.74, 6) is -0.697. The molecule has 7 heteroatoms. The van der Waals surface area contributed by atoms with Crippen molar-refractivity contribution in [3.63, 3.8) is 0 Å². The van der Waals surface area contributed by atoms with Gasteiger partial charge in [-0.15, -0.1) is 0 Å². The summed E-state index contributed by atoms with van der Waals surface area (Å²) in [5.41, 5.74) is 1.65. The van der Waals surface area contributed by atoms with E-state index in [9.17, 15) is 14.4 Å². The van der Waals surface area contributed by atoms with Crippen LogP contribution in [0.25, 0.3) is 0 Å². The maximum absolute atomic E-state index is 12.8. The van der Waals surface area contributed by atoms with Crippen LogP contribution < -0.4 is 15.5 Å². The molecular weight excluding hydrogens is 390 g/mol. The first-order valence-corrected chi connectivity index (χ1v) is 10.0. The second-order valence-corrected chi connectivity index (χ2v) is 7.77. The number of rotatable bonds is 6. The molecular formula is C22H24ClN3O3. The smallest absolute Gasteiger partial charge is 0.251 e. The molecule has 1 saturated heterocycles. The highest BCUT2D eigenvalue weighted by Gasteiger charge is 2.26. The van der Waals surface area contributed by atoms with Crippen LogP contribution in [0, 0.1) is 5.92 Å². The average molecular weight is 414 g/mol. The predicted molar refractivity (Wildman–Crippen MR) is 114 cm³/mol. The Hall–Kier alpha value is -2.86. The zero-order valence-electron chi connectivity index (χ0n) is 16.4. The number of nitrogens with one attached hydrogen (secondary N) is 2. The number of carbonyl (C=O) groups excluding carboxylic acids is 3. The lowest BCUT2D eigenvalue weighted by Crippen LogP contribution is -2.47. The Balaban J connectivity index is 1.70. The van der Waals surface area contributed by atoms with Gasteiger partial charge in [0.1, 0.15) is 6.04 Å². The molecule has 2 aromatic rings. The Morgan fingerprint density at radius 2 is 1.83 bits per heavy atom. The predicted octanol–water partition coefficient (Wildman–Crippen LogP) is 3.86. The summed E-state index contributed by atoms with van der Waals surface area (Å²) in [7, 11) is 0. The zero-order chi connectivity index (χ0) is 21.0. The highest BCUT2D eigenvalue weighted by molar-refractivity contribution is 6.34. The van der Waals surface area contributed by atoms with Gasteiger partial charge in [0.25, 0.3) is 5.91 Å². The number of anilines is 2. The summed E-state index contributed by atoms with van der Waals surface area (Å²) in [6.07, 6.45) is 1.33. The average Bonchev–Trinajstić information content (AvgIpc) is 3.12. The minimum absolute atomic E-state index is 0.0483. The zero-order valence-corrected chi connectivity index (χ0v) is 17.2. The van der Waals surface area contributed by atoms with E-state index < -0.39 is 6.04 Å². The van der Waals surface area contributed by atoms with Crippen molar-refractivity contribution in [3.8, 4) is 0 Å². The number of halogens is 1. The van der Waals surface area contributed by atoms with Crippen LogP contribution >= 0.6 is 11.6 Å². The topological polar surface area (TPSA) is 78.5 Å². The number of carbonyl (C=O) groups is 3. The molecule has 0 saturated carbocycles. The van der Waals surface area contributed by atoms with E-state index in [4.69, 9.17) is 11.6 Å². The van der Waals surface area contributed by atoms with Crippen molar-refractivity contribution in [2.75, 3.05) is 16.8 Å². The molecule has 0 bridgehead atoms. The molecule has 0 spiro atoms. The van der Waals surface area contributed by atoms with Gasteiger partial charge < -0.3 is 15.5 Å². The summed E-state index contributed by atoms with van der Waals surface area (Å²) >= 11 is 6.35. The number of hydrogen-bond donors (Lipinski definition) is 2. The maximum atomic E-state index is 12.8.